The van der Waals surface area contributed by atoms with Gasteiger partial charge in [0.2, 0.25) is 5.13 Å². The molecule has 0 saturated heterocycles. The second kappa shape index (κ2) is 8.96. The highest BCUT2D eigenvalue weighted by Gasteiger charge is 2.09. The van der Waals surface area contributed by atoms with Crippen LogP contribution in [0.15, 0.2) is 54.6 Å². The summed E-state index contributed by atoms with van der Waals surface area (Å²) in [7, 11) is 0. The summed E-state index contributed by atoms with van der Waals surface area (Å²) in [5.41, 5.74) is 1.14. The topological polar surface area (TPSA) is 73.3 Å². The van der Waals surface area contributed by atoms with Crippen LogP contribution in [0.3, 0.4) is 0 Å². The van der Waals surface area contributed by atoms with Crippen molar-refractivity contribution in [3.05, 3.63) is 65.2 Å². The first-order valence-electron chi connectivity index (χ1n) is 8.18. The number of rotatable bonds is 8. The van der Waals surface area contributed by atoms with Crippen molar-refractivity contribution in [2.75, 3.05) is 18.5 Å². The normalized spacial score (nSPS) is 10.3. The number of hydrogen-bond acceptors (Lipinski definition) is 6. The second-order valence-electron chi connectivity index (χ2n) is 5.56. The molecule has 0 unspecified atom stereocenters. The summed E-state index contributed by atoms with van der Waals surface area (Å²) in [5, 5.41) is 12.0. The molecule has 6 nitrogen and oxygen atoms in total. The summed E-state index contributed by atoms with van der Waals surface area (Å²) in [4.78, 5) is 11.9. The summed E-state index contributed by atoms with van der Waals surface area (Å²) in [5.74, 6) is 1.20. The van der Waals surface area contributed by atoms with Crippen LogP contribution in [0, 0.1) is 6.92 Å². The minimum atomic E-state index is -0.270. The van der Waals surface area contributed by atoms with Gasteiger partial charge in [-0.15, -0.1) is 10.2 Å². The molecular weight excluding hydrogens is 350 g/mol. The van der Waals surface area contributed by atoms with Crippen LogP contribution in [-0.2, 0) is 11.2 Å². The van der Waals surface area contributed by atoms with Crippen LogP contribution in [0.25, 0.3) is 0 Å². The zero-order chi connectivity index (χ0) is 18.2. The van der Waals surface area contributed by atoms with E-state index in [-0.39, 0.29) is 12.5 Å². The summed E-state index contributed by atoms with van der Waals surface area (Å²) in [6.07, 6.45) is 0.627. The van der Waals surface area contributed by atoms with E-state index in [4.69, 9.17) is 9.47 Å². The Bertz CT molecular complexity index is 835. The highest BCUT2D eigenvalue weighted by Crippen LogP contribution is 2.17. The zero-order valence-corrected chi connectivity index (χ0v) is 15.2. The first-order chi connectivity index (χ1) is 12.7. The van der Waals surface area contributed by atoms with Crippen molar-refractivity contribution < 1.29 is 14.3 Å². The van der Waals surface area contributed by atoms with Crippen molar-refractivity contribution >= 4 is 22.4 Å². The van der Waals surface area contributed by atoms with E-state index in [1.165, 1.54) is 11.3 Å². The number of aryl methyl sites for hydroxylation is 1. The van der Waals surface area contributed by atoms with E-state index in [1.54, 1.807) is 0 Å². The molecule has 1 aromatic heterocycles. The van der Waals surface area contributed by atoms with Gasteiger partial charge in [-0.3, -0.25) is 10.1 Å². The van der Waals surface area contributed by atoms with Crippen LogP contribution >= 0.6 is 11.3 Å². The van der Waals surface area contributed by atoms with Crippen LogP contribution in [0.4, 0.5) is 5.13 Å². The molecule has 3 rings (SSSR count). The summed E-state index contributed by atoms with van der Waals surface area (Å²) >= 11 is 1.33. The molecule has 134 valence electrons. The Labute approximate surface area is 155 Å². The average molecular weight is 369 g/mol. The smallest absolute Gasteiger partial charge is 0.264 e. The Morgan fingerprint density at radius 3 is 2.50 bits per heavy atom. The Balaban J connectivity index is 1.41. The third-order valence-corrected chi connectivity index (χ3v) is 4.33. The third-order valence-electron chi connectivity index (χ3n) is 3.43. The molecule has 2 aromatic carbocycles. The number of ether oxygens (including phenoxy) is 2. The quantitative estimate of drug-likeness (QED) is 0.658. The fraction of sp³-hybridized carbons (Fsp3) is 0.211. The molecule has 26 heavy (non-hydrogen) atoms. The summed E-state index contributed by atoms with van der Waals surface area (Å²) < 4.78 is 11.1. The number of nitrogens with zero attached hydrogens (tertiary/aromatic N) is 2. The molecule has 1 heterocycles. The lowest BCUT2D eigenvalue weighted by atomic mass is 10.2. The van der Waals surface area contributed by atoms with Crippen molar-refractivity contribution in [1.82, 2.24) is 10.2 Å². The van der Waals surface area contributed by atoms with Gasteiger partial charge in [0.05, 0.1) is 6.61 Å². The lowest BCUT2D eigenvalue weighted by Crippen LogP contribution is -2.20. The highest BCUT2D eigenvalue weighted by atomic mass is 32.1. The molecule has 0 radical (unpaired) electrons. The number of carbonyl (C=O) groups excluding carboxylic acids is 1. The molecule has 0 atom stereocenters. The van der Waals surface area contributed by atoms with Crippen molar-refractivity contribution in [2.24, 2.45) is 0 Å². The van der Waals surface area contributed by atoms with Gasteiger partial charge in [-0.25, -0.2) is 0 Å². The van der Waals surface area contributed by atoms with Crippen LogP contribution in [0.2, 0.25) is 0 Å². The Kier molecular flexibility index (Phi) is 6.16. The first-order valence-corrected chi connectivity index (χ1v) is 9.00. The number of aromatic nitrogens is 2. The number of hydrogen-bond donors (Lipinski definition) is 1. The van der Waals surface area contributed by atoms with Crippen molar-refractivity contribution in [1.29, 1.82) is 0 Å². The number of carbonyl (C=O) groups is 1. The lowest BCUT2D eigenvalue weighted by Gasteiger charge is -2.05. The van der Waals surface area contributed by atoms with Gasteiger partial charge in [0, 0.05) is 6.42 Å². The third kappa shape index (κ3) is 5.56. The van der Waals surface area contributed by atoms with E-state index in [0.717, 1.165) is 16.3 Å². The van der Waals surface area contributed by atoms with Crippen molar-refractivity contribution in [3.63, 3.8) is 0 Å². The van der Waals surface area contributed by atoms with E-state index in [9.17, 15) is 4.79 Å². The lowest BCUT2D eigenvalue weighted by molar-refractivity contribution is -0.118. The number of benzene rings is 2. The van der Waals surface area contributed by atoms with Gasteiger partial charge < -0.3 is 9.47 Å². The predicted octanol–water partition coefficient (Wildman–Crippen LogP) is 3.49. The predicted molar refractivity (Wildman–Crippen MR) is 101 cm³/mol. The van der Waals surface area contributed by atoms with Gasteiger partial charge in [-0.05, 0) is 31.2 Å². The van der Waals surface area contributed by atoms with Crippen molar-refractivity contribution in [3.8, 4) is 11.5 Å². The van der Waals surface area contributed by atoms with Gasteiger partial charge in [-0.1, -0.05) is 47.2 Å². The maximum absolute atomic E-state index is 11.9. The molecule has 0 bridgehead atoms. The number of nitrogens with one attached hydrogen (secondary N) is 1. The SMILES string of the molecule is Cc1ccc(OCC(=O)Nc2nnc(CCOc3ccccc3)s2)cc1. The zero-order valence-electron chi connectivity index (χ0n) is 14.3. The van der Waals surface area contributed by atoms with Gasteiger partial charge in [0.25, 0.3) is 5.91 Å². The van der Waals surface area contributed by atoms with Crippen LogP contribution in [0.5, 0.6) is 11.5 Å². The van der Waals surface area contributed by atoms with Gasteiger partial charge in [0.15, 0.2) is 6.61 Å². The van der Waals surface area contributed by atoms with Gasteiger partial charge >= 0.3 is 0 Å². The molecular formula is C19H19N3O3S. The van der Waals surface area contributed by atoms with Crippen molar-refractivity contribution in [2.45, 2.75) is 13.3 Å². The fourth-order valence-electron chi connectivity index (χ4n) is 2.12. The van der Waals surface area contributed by atoms with Crippen LogP contribution < -0.4 is 14.8 Å². The van der Waals surface area contributed by atoms with E-state index in [1.807, 2.05) is 61.5 Å². The van der Waals surface area contributed by atoms with E-state index in [0.29, 0.717) is 23.9 Å². The number of amides is 1. The van der Waals surface area contributed by atoms with Gasteiger partial charge in [-0.2, -0.15) is 0 Å². The van der Waals surface area contributed by atoms with Gasteiger partial charge in [0.1, 0.15) is 16.5 Å². The Hall–Kier alpha value is -2.93. The Morgan fingerprint density at radius 2 is 1.73 bits per heavy atom. The summed E-state index contributed by atoms with van der Waals surface area (Å²) in [6.45, 7) is 2.42. The van der Waals surface area contributed by atoms with E-state index in [2.05, 4.69) is 15.5 Å². The average Bonchev–Trinajstić information content (AvgIpc) is 3.09. The second-order valence-corrected chi connectivity index (χ2v) is 6.62. The number of para-hydroxylation sites is 1. The Morgan fingerprint density at radius 1 is 1.00 bits per heavy atom. The molecule has 1 N–H and O–H groups in total. The van der Waals surface area contributed by atoms with E-state index < -0.39 is 0 Å². The first kappa shape index (κ1) is 17.9. The molecule has 7 heteroatoms. The maximum atomic E-state index is 11.9. The molecule has 0 aliphatic heterocycles. The standard InChI is InChI=1S/C19H19N3O3S/c1-14-7-9-16(10-8-14)25-13-17(23)20-19-22-21-18(26-19)11-12-24-15-5-3-2-4-6-15/h2-10H,11-13H2,1H3,(H,20,22,23). The minimum Gasteiger partial charge on any atom is -0.493 e. The molecule has 0 spiro atoms. The number of anilines is 1. The van der Waals surface area contributed by atoms with E-state index >= 15 is 0 Å². The molecule has 0 saturated carbocycles. The molecule has 1 amide bonds. The minimum absolute atomic E-state index is 0.0743. The highest BCUT2D eigenvalue weighted by molar-refractivity contribution is 7.15. The monoisotopic (exact) mass is 369 g/mol. The summed E-state index contributed by atoms with van der Waals surface area (Å²) in [6, 6.07) is 17.1. The fourth-order valence-corrected chi connectivity index (χ4v) is 2.85. The van der Waals surface area contributed by atoms with Crippen LogP contribution in [0.1, 0.15) is 10.6 Å². The molecule has 0 aliphatic rings. The molecule has 0 aliphatic carbocycles. The largest absolute Gasteiger partial charge is 0.493 e. The van der Waals surface area contributed by atoms with Crippen LogP contribution in [-0.4, -0.2) is 29.3 Å². The molecule has 3 aromatic rings. The molecule has 0 fully saturated rings. The maximum Gasteiger partial charge on any atom is 0.264 e.